The van der Waals surface area contributed by atoms with Crippen molar-refractivity contribution in [2.45, 2.75) is 38.8 Å². The zero-order chi connectivity index (χ0) is 7.28. The molecule has 0 aliphatic heterocycles. The van der Waals surface area contributed by atoms with Gasteiger partial charge in [0.25, 0.3) is 0 Å². The predicted octanol–water partition coefficient (Wildman–Crippen LogP) is 0.393. The summed E-state index contributed by atoms with van der Waals surface area (Å²) < 4.78 is 0. The first-order valence-electron chi connectivity index (χ1n) is 3.37. The lowest BCUT2D eigenvalue weighted by atomic mass is 10.1. The highest BCUT2D eigenvalue weighted by atomic mass is 16.6. The van der Waals surface area contributed by atoms with Gasteiger partial charge in [-0.25, -0.2) is 5.90 Å². The molecule has 0 fully saturated rings. The van der Waals surface area contributed by atoms with Gasteiger partial charge in [0.1, 0.15) is 0 Å². The van der Waals surface area contributed by atoms with Crippen LogP contribution in [-0.2, 0) is 4.84 Å². The molecular weight excluding hydrogens is 116 g/mol. The first kappa shape index (κ1) is 8.88. The van der Waals surface area contributed by atoms with Gasteiger partial charge in [0.05, 0.1) is 6.10 Å². The van der Waals surface area contributed by atoms with E-state index in [-0.39, 0.29) is 12.1 Å². The average Bonchev–Trinajstić information content (AvgIpc) is 1.90. The summed E-state index contributed by atoms with van der Waals surface area (Å²) >= 11 is 0. The van der Waals surface area contributed by atoms with Crippen LogP contribution in [0.1, 0.15) is 26.7 Å². The van der Waals surface area contributed by atoms with Crippen LogP contribution in [0.4, 0.5) is 0 Å². The minimum Gasteiger partial charge on any atom is -0.325 e. The highest BCUT2D eigenvalue weighted by molar-refractivity contribution is 4.68. The first-order valence-corrected chi connectivity index (χ1v) is 3.37. The fraction of sp³-hybridized carbons (Fsp3) is 1.00. The molecule has 3 nitrogen and oxygen atoms in total. The van der Waals surface area contributed by atoms with Crippen molar-refractivity contribution in [3.8, 4) is 0 Å². The number of hydrogen-bond donors (Lipinski definition) is 2. The third-order valence-electron chi connectivity index (χ3n) is 1.53. The maximum Gasteiger partial charge on any atom is 0.0935 e. The number of nitrogens with two attached hydrogens (primary N) is 2. The second-order valence-corrected chi connectivity index (χ2v) is 2.15. The molecule has 4 N–H and O–H groups in total. The highest BCUT2D eigenvalue weighted by Gasteiger charge is 2.12. The fourth-order valence-electron chi connectivity index (χ4n) is 0.763. The molecule has 0 bridgehead atoms. The summed E-state index contributed by atoms with van der Waals surface area (Å²) in [4.78, 5) is 4.63. The first-order chi connectivity index (χ1) is 4.26. The van der Waals surface area contributed by atoms with Crippen molar-refractivity contribution in [1.82, 2.24) is 0 Å². The van der Waals surface area contributed by atoms with Crippen molar-refractivity contribution >= 4 is 0 Å². The SMILES string of the molecule is CCC(N)C(CC)ON. The van der Waals surface area contributed by atoms with Crippen molar-refractivity contribution < 1.29 is 4.84 Å². The molecule has 0 aromatic heterocycles. The molecule has 0 amide bonds. The van der Waals surface area contributed by atoms with Crippen LogP contribution in [-0.4, -0.2) is 12.1 Å². The van der Waals surface area contributed by atoms with Gasteiger partial charge in [-0.2, -0.15) is 0 Å². The maximum atomic E-state index is 5.63. The number of rotatable bonds is 4. The Morgan fingerprint density at radius 2 is 1.89 bits per heavy atom. The lowest BCUT2D eigenvalue weighted by molar-refractivity contribution is 0.0317. The lowest BCUT2D eigenvalue weighted by Gasteiger charge is -2.17. The van der Waals surface area contributed by atoms with Crippen LogP contribution in [0.3, 0.4) is 0 Å². The van der Waals surface area contributed by atoms with E-state index in [1.807, 2.05) is 13.8 Å². The number of hydrogen-bond acceptors (Lipinski definition) is 3. The molecule has 0 radical (unpaired) electrons. The molecular formula is C6H16N2O. The Kier molecular flexibility index (Phi) is 4.67. The summed E-state index contributed by atoms with van der Waals surface area (Å²) in [6, 6.07) is 0.0833. The third-order valence-corrected chi connectivity index (χ3v) is 1.53. The Morgan fingerprint density at radius 1 is 1.33 bits per heavy atom. The maximum absolute atomic E-state index is 5.63. The largest absolute Gasteiger partial charge is 0.325 e. The standard InChI is InChI=1S/C6H16N2O/c1-3-5(7)6(4-2)9-8/h5-6H,3-4,7-8H2,1-2H3. The summed E-state index contributed by atoms with van der Waals surface area (Å²) in [7, 11) is 0. The van der Waals surface area contributed by atoms with E-state index in [1.54, 1.807) is 0 Å². The topological polar surface area (TPSA) is 61.3 Å². The Balaban J connectivity index is 3.50. The van der Waals surface area contributed by atoms with Crippen molar-refractivity contribution in [2.24, 2.45) is 11.6 Å². The normalized spacial score (nSPS) is 17.3. The molecule has 0 aliphatic carbocycles. The van der Waals surface area contributed by atoms with E-state index in [0.717, 1.165) is 12.8 Å². The molecule has 3 heteroatoms. The Bertz CT molecular complexity index is 64.1. The van der Waals surface area contributed by atoms with E-state index in [9.17, 15) is 0 Å². The van der Waals surface area contributed by atoms with Crippen LogP contribution in [0.2, 0.25) is 0 Å². The van der Waals surface area contributed by atoms with Gasteiger partial charge in [0.15, 0.2) is 0 Å². The predicted molar refractivity (Wildman–Crippen MR) is 37.6 cm³/mol. The van der Waals surface area contributed by atoms with Gasteiger partial charge < -0.3 is 5.73 Å². The van der Waals surface area contributed by atoms with Gasteiger partial charge in [-0.15, -0.1) is 0 Å². The molecule has 9 heavy (non-hydrogen) atoms. The quantitative estimate of drug-likeness (QED) is 0.544. The molecule has 0 spiro atoms. The van der Waals surface area contributed by atoms with E-state index < -0.39 is 0 Å². The van der Waals surface area contributed by atoms with Gasteiger partial charge in [-0.05, 0) is 12.8 Å². The van der Waals surface area contributed by atoms with Gasteiger partial charge >= 0.3 is 0 Å². The molecule has 2 atom stereocenters. The van der Waals surface area contributed by atoms with Crippen molar-refractivity contribution in [3.05, 3.63) is 0 Å². The van der Waals surface area contributed by atoms with E-state index in [2.05, 4.69) is 4.84 Å². The highest BCUT2D eigenvalue weighted by Crippen LogP contribution is 2.01. The second-order valence-electron chi connectivity index (χ2n) is 2.15. The van der Waals surface area contributed by atoms with Crippen molar-refractivity contribution in [3.63, 3.8) is 0 Å². The summed E-state index contributed by atoms with van der Waals surface area (Å²) in [6.07, 6.45) is 1.82. The monoisotopic (exact) mass is 132 g/mol. The Labute approximate surface area is 56.3 Å². The molecule has 0 rings (SSSR count). The molecule has 0 aliphatic rings. The van der Waals surface area contributed by atoms with Gasteiger partial charge in [-0.1, -0.05) is 13.8 Å². The van der Waals surface area contributed by atoms with Crippen LogP contribution in [0.25, 0.3) is 0 Å². The molecule has 2 unspecified atom stereocenters. The average molecular weight is 132 g/mol. The van der Waals surface area contributed by atoms with Gasteiger partial charge in [0.2, 0.25) is 0 Å². The molecule has 0 heterocycles. The van der Waals surface area contributed by atoms with E-state index >= 15 is 0 Å². The molecule has 56 valence electrons. The van der Waals surface area contributed by atoms with Crippen LogP contribution in [0, 0.1) is 0 Å². The summed E-state index contributed by atoms with van der Waals surface area (Å²) in [5.41, 5.74) is 5.63. The Morgan fingerprint density at radius 3 is 2.00 bits per heavy atom. The molecule has 0 aromatic rings. The van der Waals surface area contributed by atoms with Crippen LogP contribution in [0.5, 0.6) is 0 Å². The lowest BCUT2D eigenvalue weighted by Crippen LogP contribution is -2.37. The van der Waals surface area contributed by atoms with Crippen molar-refractivity contribution in [2.75, 3.05) is 0 Å². The smallest absolute Gasteiger partial charge is 0.0935 e. The Hall–Kier alpha value is -0.120. The summed E-state index contributed by atoms with van der Waals surface area (Å²) in [5.74, 6) is 4.98. The van der Waals surface area contributed by atoms with Crippen LogP contribution < -0.4 is 11.6 Å². The van der Waals surface area contributed by atoms with E-state index in [1.165, 1.54) is 0 Å². The van der Waals surface area contributed by atoms with Crippen LogP contribution in [0.15, 0.2) is 0 Å². The summed E-state index contributed by atoms with van der Waals surface area (Å²) in [5, 5.41) is 0. The third kappa shape index (κ3) is 2.79. The van der Waals surface area contributed by atoms with Gasteiger partial charge in [0, 0.05) is 6.04 Å². The minimum absolute atomic E-state index is 0.0231. The molecule has 0 saturated carbocycles. The summed E-state index contributed by atoms with van der Waals surface area (Å²) in [6.45, 7) is 4.03. The molecule has 0 saturated heterocycles. The van der Waals surface area contributed by atoms with Crippen molar-refractivity contribution in [1.29, 1.82) is 0 Å². The second kappa shape index (κ2) is 4.73. The fourth-order valence-corrected chi connectivity index (χ4v) is 0.763. The minimum atomic E-state index is 0.0231. The van der Waals surface area contributed by atoms with E-state index in [4.69, 9.17) is 11.6 Å². The zero-order valence-corrected chi connectivity index (χ0v) is 6.13. The molecule has 0 aromatic carbocycles. The zero-order valence-electron chi connectivity index (χ0n) is 6.13. The van der Waals surface area contributed by atoms with Crippen LogP contribution >= 0.6 is 0 Å². The van der Waals surface area contributed by atoms with E-state index in [0.29, 0.717) is 0 Å². The van der Waals surface area contributed by atoms with Gasteiger partial charge in [-0.3, -0.25) is 4.84 Å².